The summed E-state index contributed by atoms with van der Waals surface area (Å²) in [7, 11) is 0. The number of fused-ring (bicyclic) bond motifs is 1. The van der Waals surface area contributed by atoms with Crippen molar-refractivity contribution in [2.24, 2.45) is 0 Å². The van der Waals surface area contributed by atoms with E-state index in [9.17, 15) is 0 Å². The molecule has 2 aromatic rings. The Hall–Kier alpha value is -1.58. The van der Waals surface area contributed by atoms with Gasteiger partial charge in [-0.25, -0.2) is 0 Å². The van der Waals surface area contributed by atoms with Gasteiger partial charge in [0.25, 0.3) is 0 Å². The quantitative estimate of drug-likeness (QED) is 0.521. The van der Waals surface area contributed by atoms with Crippen molar-refractivity contribution in [1.82, 2.24) is 9.13 Å². The van der Waals surface area contributed by atoms with Crippen molar-refractivity contribution in [3.8, 4) is 0 Å². The minimum atomic E-state index is 0.651. The molecule has 4 heteroatoms. The van der Waals surface area contributed by atoms with E-state index < -0.39 is 0 Å². The van der Waals surface area contributed by atoms with Gasteiger partial charge in [-0.05, 0) is 0 Å². The van der Waals surface area contributed by atoms with Crippen LogP contribution >= 0.6 is 0 Å². The van der Waals surface area contributed by atoms with Crippen molar-refractivity contribution < 1.29 is 5.21 Å². The maximum atomic E-state index is 9.06. The molecule has 0 aromatic carbocycles. The van der Waals surface area contributed by atoms with Crippen molar-refractivity contribution >= 4 is 11.3 Å². The summed E-state index contributed by atoms with van der Waals surface area (Å²) in [5.41, 5.74) is 6.79. The highest BCUT2D eigenvalue weighted by Crippen LogP contribution is 2.10. The molecule has 10 heavy (non-hydrogen) atoms. The zero-order valence-electron chi connectivity index (χ0n) is 5.23. The number of imidazole rings is 1. The van der Waals surface area contributed by atoms with Crippen LogP contribution in [0.1, 0.15) is 0 Å². The summed E-state index contributed by atoms with van der Waals surface area (Å²) in [5, 5.41) is 9.06. The normalized spacial score (nSPS) is 10.8. The molecule has 3 N–H and O–H groups in total. The van der Waals surface area contributed by atoms with Crippen LogP contribution in [0.2, 0.25) is 0 Å². The van der Waals surface area contributed by atoms with Gasteiger partial charge in [-0.1, -0.05) is 0 Å². The number of rotatable bonds is 0. The van der Waals surface area contributed by atoms with E-state index >= 15 is 0 Å². The molecule has 2 heterocycles. The van der Waals surface area contributed by atoms with E-state index in [1.54, 1.807) is 29.1 Å². The van der Waals surface area contributed by atoms with E-state index in [4.69, 9.17) is 10.9 Å². The molecule has 0 saturated heterocycles. The summed E-state index contributed by atoms with van der Waals surface area (Å²) in [6.45, 7) is 0. The van der Waals surface area contributed by atoms with E-state index in [2.05, 4.69) is 0 Å². The van der Waals surface area contributed by atoms with Gasteiger partial charge in [0, 0.05) is 18.5 Å². The Bertz CT molecular complexity index is 360. The second kappa shape index (κ2) is 1.47. The molecule has 0 radical (unpaired) electrons. The Morgan fingerprint density at radius 3 is 2.90 bits per heavy atom. The topological polar surface area (TPSA) is 55.6 Å². The maximum Gasteiger partial charge on any atom is 0.154 e. The predicted octanol–water partition coefficient (Wildman–Crippen LogP) is 0.560. The summed E-state index contributed by atoms with van der Waals surface area (Å²) < 4.78 is 2.77. The molecule has 4 nitrogen and oxygen atoms in total. The van der Waals surface area contributed by atoms with E-state index in [1.807, 2.05) is 0 Å². The zero-order chi connectivity index (χ0) is 7.14. The molecular weight excluding hydrogens is 130 g/mol. The number of aromatic nitrogens is 2. The zero-order valence-corrected chi connectivity index (χ0v) is 5.23. The summed E-state index contributed by atoms with van der Waals surface area (Å²) in [5.74, 6) is 0. The lowest BCUT2D eigenvalue weighted by molar-refractivity contribution is 0.199. The highest BCUT2D eigenvalue weighted by Gasteiger charge is 1.98. The minimum Gasteiger partial charge on any atom is -0.427 e. The number of hydrogen-bond acceptors (Lipinski definition) is 2. The number of nitrogen functional groups attached to an aromatic ring is 1. The van der Waals surface area contributed by atoms with Crippen LogP contribution in [0.4, 0.5) is 5.69 Å². The van der Waals surface area contributed by atoms with Crippen LogP contribution in [0.3, 0.4) is 0 Å². The minimum absolute atomic E-state index is 0.651. The fourth-order valence-corrected chi connectivity index (χ4v) is 1.00. The fraction of sp³-hybridized carbons (Fsp3) is 0. The predicted molar refractivity (Wildman–Crippen MR) is 37.0 cm³/mol. The smallest absolute Gasteiger partial charge is 0.154 e. The molecule has 0 aliphatic carbocycles. The van der Waals surface area contributed by atoms with E-state index in [0.29, 0.717) is 11.3 Å². The van der Waals surface area contributed by atoms with Gasteiger partial charge in [0.1, 0.15) is 0 Å². The third-order valence-corrected chi connectivity index (χ3v) is 1.45. The van der Waals surface area contributed by atoms with Gasteiger partial charge in [0.2, 0.25) is 0 Å². The van der Waals surface area contributed by atoms with Crippen molar-refractivity contribution in [2.45, 2.75) is 0 Å². The molecule has 0 bridgehead atoms. The van der Waals surface area contributed by atoms with Crippen LogP contribution in [0.15, 0.2) is 24.7 Å². The third kappa shape index (κ3) is 0.500. The fourth-order valence-electron chi connectivity index (χ4n) is 1.00. The van der Waals surface area contributed by atoms with Gasteiger partial charge in [0.05, 0.1) is 11.9 Å². The molecule has 0 saturated carbocycles. The van der Waals surface area contributed by atoms with Gasteiger partial charge in [-0.15, -0.1) is 0 Å². The Balaban J connectivity index is 2.90. The van der Waals surface area contributed by atoms with Crippen molar-refractivity contribution in [3.63, 3.8) is 0 Å². The first-order valence-electron chi connectivity index (χ1n) is 2.91. The first kappa shape index (κ1) is 5.22. The van der Waals surface area contributed by atoms with Crippen LogP contribution in [0, 0.1) is 0 Å². The number of hydrogen-bond donors (Lipinski definition) is 2. The molecular formula is C6H7N3O. The first-order chi connectivity index (χ1) is 4.77. The van der Waals surface area contributed by atoms with Gasteiger partial charge in [-0.2, -0.15) is 4.73 Å². The van der Waals surface area contributed by atoms with E-state index in [1.165, 1.54) is 0 Å². The molecule has 0 amide bonds. The average Bonchev–Trinajstić information content (AvgIpc) is 2.35. The van der Waals surface area contributed by atoms with Crippen LogP contribution in [-0.4, -0.2) is 14.3 Å². The van der Waals surface area contributed by atoms with Crippen molar-refractivity contribution in [3.05, 3.63) is 24.7 Å². The maximum absolute atomic E-state index is 9.06. The first-order valence-corrected chi connectivity index (χ1v) is 2.91. The lowest BCUT2D eigenvalue weighted by Gasteiger charge is -1.85. The Morgan fingerprint density at radius 1 is 1.40 bits per heavy atom. The van der Waals surface area contributed by atoms with Gasteiger partial charge < -0.3 is 15.3 Å². The highest BCUT2D eigenvalue weighted by atomic mass is 16.5. The van der Waals surface area contributed by atoms with Crippen LogP contribution in [0.5, 0.6) is 0 Å². The Labute approximate surface area is 57.1 Å². The molecule has 0 fully saturated rings. The molecule has 0 unspecified atom stereocenters. The summed E-state index contributed by atoms with van der Waals surface area (Å²) in [6.07, 6.45) is 5.02. The SMILES string of the molecule is Nc1cc2n(O)ccn2c1. The Morgan fingerprint density at radius 2 is 2.20 bits per heavy atom. The molecule has 0 aliphatic rings. The Kier molecular flexibility index (Phi) is 0.768. The lowest BCUT2D eigenvalue weighted by atomic mass is 10.5. The molecule has 0 spiro atoms. The molecule has 0 atom stereocenters. The summed E-state index contributed by atoms with van der Waals surface area (Å²) >= 11 is 0. The van der Waals surface area contributed by atoms with Gasteiger partial charge in [-0.3, -0.25) is 0 Å². The number of nitrogens with zero attached hydrogens (tertiary/aromatic N) is 2. The lowest BCUT2D eigenvalue weighted by Crippen LogP contribution is -1.85. The number of anilines is 1. The van der Waals surface area contributed by atoms with Crippen LogP contribution in [0.25, 0.3) is 5.65 Å². The van der Waals surface area contributed by atoms with Crippen LogP contribution < -0.4 is 5.73 Å². The van der Waals surface area contributed by atoms with Crippen LogP contribution in [-0.2, 0) is 0 Å². The monoisotopic (exact) mass is 137 g/mol. The largest absolute Gasteiger partial charge is 0.427 e. The van der Waals surface area contributed by atoms with Gasteiger partial charge in [0.15, 0.2) is 5.65 Å². The highest BCUT2D eigenvalue weighted by molar-refractivity contribution is 5.54. The molecule has 52 valence electrons. The van der Waals surface area contributed by atoms with E-state index in [0.717, 1.165) is 4.73 Å². The summed E-state index contributed by atoms with van der Waals surface area (Å²) in [4.78, 5) is 0. The van der Waals surface area contributed by atoms with Crippen molar-refractivity contribution in [1.29, 1.82) is 0 Å². The third-order valence-electron chi connectivity index (χ3n) is 1.45. The second-order valence-electron chi connectivity index (χ2n) is 2.18. The molecule has 2 rings (SSSR count). The average molecular weight is 137 g/mol. The molecule has 0 aliphatic heterocycles. The number of nitrogens with two attached hydrogens (primary N) is 1. The standard InChI is InChI=1S/C6H7N3O/c7-5-3-6-8(4-5)1-2-9(6)10/h1-4,10H,7H2. The second-order valence-corrected chi connectivity index (χ2v) is 2.18. The van der Waals surface area contributed by atoms with Crippen molar-refractivity contribution in [2.75, 3.05) is 5.73 Å². The van der Waals surface area contributed by atoms with E-state index in [-0.39, 0.29) is 0 Å². The molecule has 2 aromatic heterocycles. The van der Waals surface area contributed by atoms with Gasteiger partial charge >= 0.3 is 0 Å². The summed E-state index contributed by atoms with van der Waals surface area (Å²) in [6, 6.07) is 1.69.